The van der Waals surface area contributed by atoms with E-state index in [9.17, 15) is 0 Å². The fourth-order valence-corrected chi connectivity index (χ4v) is 10.7. The van der Waals surface area contributed by atoms with Crippen LogP contribution in [0, 0.1) is 71.0 Å². The van der Waals surface area contributed by atoms with E-state index in [2.05, 4.69) is 52.2 Å². The molecule has 5 fully saturated rings. The second-order valence-electron chi connectivity index (χ2n) is 15.1. The van der Waals surface area contributed by atoms with Gasteiger partial charge in [0.25, 0.3) is 0 Å². The first-order chi connectivity index (χ1) is 16.8. The lowest BCUT2D eigenvalue weighted by atomic mass is 9.52. The Morgan fingerprint density at radius 3 is 2.14 bits per heavy atom. The summed E-state index contributed by atoms with van der Waals surface area (Å²) in [5, 5.41) is 8.11. The van der Waals surface area contributed by atoms with Gasteiger partial charge in [0.05, 0.1) is 0 Å². The van der Waals surface area contributed by atoms with Gasteiger partial charge in [-0.15, -0.1) is 0 Å². The lowest BCUT2D eigenvalue weighted by molar-refractivity contribution is -0.0458. The van der Waals surface area contributed by atoms with E-state index in [1.807, 2.05) is 0 Å². The van der Waals surface area contributed by atoms with Crippen LogP contribution in [0.2, 0.25) is 0 Å². The summed E-state index contributed by atoms with van der Waals surface area (Å²) >= 11 is 0. The molecule has 2 N–H and O–H groups in total. The van der Waals surface area contributed by atoms with E-state index in [1.165, 1.54) is 83.7 Å². The summed E-state index contributed by atoms with van der Waals surface area (Å²) in [6, 6.07) is 1.46. The SMILES string of the molecule is CC1CNCC(C2CC3C(C)CC(C(C)NC4CCC(C)C(C5CCCCC5C)C4)C(C2)C3C)C1. The van der Waals surface area contributed by atoms with E-state index in [0.717, 1.165) is 77.1 Å². The van der Waals surface area contributed by atoms with Crippen LogP contribution in [0.1, 0.15) is 112 Å². The first kappa shape index (κ1) is 26.5. The van der Waals surface area contributed by atoms with E-state index < -0.39 is 0 Å². The molecule has 0 aromatic carbocycles. The molecule has 1 aliphatic heterocycles. The number of rotatable bonds is 5. The maximum absolute atomic E-state index is 4.33. The number of piperidine rings is 1. The van der Waals surface area contributed by atoms with E-state index in [-0.39, 0.29) is 0 Å². The van der Waals surface area contributed by atoms with Crippen molar-refractivity contribution in [3.8, 4) is 0 Å². The zero-order valence-electron chi connectivity index (χ0n) is 24.3. The van der Waals surface area contributed by atoms with Crippen molar-refractivity contribution in [1.29, 1.82) is 0 Å². The predicted molar refractivity (Wildman–Crippen MR) is 150 cm³/mol. The minimum atomic E-state index is 0.691. The molecule has 5 rings (SSSR count). The monoisotopic (exact) mass is 484 g/mol. The summed E-state index contributed by atoms with van der Waals surface area (Å²) in [6.07, 6.45) is 16.3. The number of hydrogen-bond donors (Lipinski definition) is 2. The summed E-state index contributed by atoms with van der Waals surface area (Å²) in [4.78, 5) is 0. The van der Waals surface area contributed by atoms with Gasteiger partial charge in [-0.2, -0.15) is 0 Å². The lowest BCUT2D eigenvalue weighted by Gasteiger charge is -2.55. The zero-order chi connectivity index (χ0) is 24.7. The molecule has 0 aromatic heterocycles. The highest BCUT2D eigenvalue weighted by Gasteiger charge is 2.49. The van der Waals surface area contributed by atoms with Crippen molar-refractivity contribution < 1.29 is 0 Å². The molecule has 0 aromatic rings. The summed E-state index contributed by atoms with van der Waals surface area (Å²) < 4.78 is 0. The Kier molecular flexibility index (Phi) is 8.60. The quantitative estimate of drug-likeness (QED) is 0.416. The van der Waals surface area contributed by atoms with Crippen LogP contribution in [0.5, 0.6) is 0 Å². The number of hydrogen-bond acceptors (Lipinski definition) is 2. The fraction of sp³-hybridized carbons (Fsp3) is 1.00. The van der Waals surface area contributed by atoms with Gasteiger partial charge in [-0.25, -0.2) is 0 Å². The maximum atomic E-state index is 4.33. The summed E-state index contributed by atoms with van der Waals surface area (Å²) in [7, 11) is 0. The van der Waals surface area contributed by atoms with Gasteiger partial charge in [-0.05, 0) is 142 Å². The average molecular weight is 485 g/mol. The molecule has 2 nitrogen and oxygen atoms in total. The maximum Gasteiger partial charge on any atom is 0.00726 e. The van der Waals surface area contributed by atoms with E-state index in [1.54, 1.807) is 0 Å². The smallest absolute Gasteiger partial charge is 0.00726 e. The third kappa shape index (κ3) is 5.69. The molecule has 0 spiro atoms. The summed E-state index contributed by atoms with van der Waals surface area (Å²) in [5.74, 6) is 11.3. The third-order valence-corrected chi connectivity index (χ3v) is 12.8. The Bertz CT molecular complexity index is 676. The molecule has 2 heteroatoms. The van der Waals surface area contributed by atoms with Crippen molar-refractivity contribution in [3.63, 3.8) is 0 Å². The van der Waals surface area contributed by atoms with Crippen LogP contribution in [-0.2, 0) is 0 Å². The molecular weight excluding hydrogens is 424 g/mol. The molecule has 4 saturated carbocycles. The molecule has 0 amide bonds. The van der Waals surface area contributed by atoms with Gasteiger partial charge < -0.3 is 10.6 Å². The molecule has 2 bridgehead atoms. The predicted octanol–water partition coefficient (Wildman–Crippen LogP) is 7.78. The second kappa shape index (κ2) is 11.3. The van der Waals surface area contributed by atoms with Gasteiger partial charge in [0.1, 0.15) is 0 Å². The van der Waals surface area contributed by atoms with Gasteiger partial charge in [-0.1, -0.05) is 53.9 Å². The zero-order valence-corrected chi connectivity index (χ0v) is 24.3. The van der Waals surface area contributed by atoms with Crippen LogP contribution >= 0.6 is 0 Å². The Hall–Kier alpha value is -0.0800. The van der Waals surface area contributed by atoms with Gasteiger partial charge in [0.15, 0.2) is 0 Å². The van der Waals surface area contributed by atoms with E-state index >= 15 is 0 Å². The molecule has 1 heterocycles. The van der Waals surface area contributed by atoms with Crippen molar-refractivity contribution in [2.75, 3.05) is 13.1 Å². The van der Waals surface area contributed by atoms with Crippen LogP contribution in [-0.4, -0.2) is 25.2 Å². The molecule has 4 aliphatic carbocycles. The number of fused-ring (bicyclic) bond motifs is 2. The average Bonchev–Trinajstić information content (AvgIpc) is 2.83. The van der Waals surface area contributed by atoms with Gasteiger partial charge in [0.2, 0.25) is 0 Å². The molecule has 14 atom stereocenters. The van der Waals surface area contributed by atoms with Crippen LogP contribution in [0.4, 0.5) is 0 Å². The lowest BCUT2D eigenvalue weighted by Crippen LogP contribution is -2.54. The topological polar surface area (TPSA) is 24.1 Å². The third-order valence-electron chi connectivity index (χ3n) is 12.8. The second-order valence-corrected chi connectivity index (χ2v) is 15.1. The van der Waals surface area contributed by atoms with Crippen molar-refractivity contribution in [3.05, 3.63) is 0 Å². The number of nitrogens with one attached hydrogen (secondary N) is 2. The standard InChI is InChI=1S/C33H60N2/c1-20-13-27(19-34-18-20)26-15-30-23(4)14-33(32(16-26)24(30)5)25(6)35-28-12-11-22(3)31(17-28)29-10-8-7-9-21(29)2/h20-35H,7-19H2,1-6H3. The van der Waals surface area contributed by atoms with Crippen molar-refractivity contribution in [1.82, 2.24) is 10.6 Å². The van der Waals surface area contributed by atoms with E-state index in [0.29, 0.717) is 6.04 Å². The van der Waals surface area contributed by atoms with Crippen LogP contribution in [0.3, 0.4) is 0 Å². The highest BCUT2D eigenvalue weighted by atomic mass is 15.0. The van der Waals surface area contributed by atoms with Crippen molar-refractivity contribution in [2.45, 2.75) is 124 Å². The highest BCUT2D eigenvalue weighted by Crippen LogP contribution is 2.55. The first-order valence-electron chi connectivity index (χ1n) is 16.3. The largest absolute Gasteiger partial charge is 0.316 e. The molecule has 14 unspecified atom stereocenters. The summed E-state index contributed by atoms with van der Waals surface area (Å²) in [5.41, 5.74) is 0. The Balaban J connectivity index is 1.23. The first-order valence-corrected chi connectivity index (χ1v) is 16.3. The fourth-order valence-electron chi connectivity index (χ4n) is 10.7. The Labute approximate surface area is 218 Å². The van der Waals surface area contributed by atoms with Crippen LogP contribution < -0.4 is 10.6 Å². The molecule has 5 aliphatic rings. The van der Waals surface area contributed by atoms with Gasteiger partial charge >= 0.3 is 0 Å². The molecular formula is C33H60N2. The van der Waals surface area contributed by atoms with Gasteiger partial charge in [-0.3, -0.25) is 0 Å². The molecule has 202 valence electrons. The molecule has 35 heavy (non-hydrogen) atoms. The molecule has 0 radical (unpaired) electrons. The highest BCUT2D eigenvalue weighted by molar-refractivity contribution is 5.00. The Morgan fingerprint density at radius 2 is 1.37 bits per heavy atom. The van der Waals surface area contributed by atoms with Gasteiger partial charge in [0, 0.05) is 12.1 Å². The van der Waals surface area contributed by atoms with Crippen molar-refractivity contribution >= 4 is 0 Å². The molecule has 1 saturated heterocycles. The minimum Gasteiger partial charge on any atom is -0.316 e. The van der Waals surface area contributed by atoms with Crippen molar-refractivity contribution in [2.24, 2.45) is 71.0 Å². The van der Waals surface area contributed by atoms with Crippen LogP contribution in [0.25, 0.3) is 0 Å². The summed E-state index contributed by atoms with van der Waals surface area (Å²) in [6.45, 7) is 18.0. The minimum absolute atomic E-state index is 0.691. The Morgan fingerprint density at radius 1 is 0.629 bits per heavy atom. The van der Waals surface area contributed by atoms with E-state index in [4.69, 9.17) is 0 Å². The normalized spacial score (nSPS) is 52.1. The van der Waals surface area contributed by atoms with Crippen LogP contribution in [0.15, 0.2) is 0 Å².